The van der Waals surface area contributed by atoms with Crippen molar-refractivity contribution in [3.8, 4) is 0 Å². The van der Waals surface area contributed by atoms with Gasteiger partial charge in [0.1, 0.15) is 0 Å². The van der Waals surface area contributed by atoms with Crippen molar-refractivity contribution in [3.05, 3.63) is 35.9 Å². The van der Waals surface area contributed by atoms with E-state index < -0.39 is 11.8 Å². The molecule has 0 aliphatic carbocycles. The quantitative estimate of drug-likeness (QED) is 0.423. The van der Waals surface area contributed by atoms with Gasteiger partial charge in [0.2, 0.25) is 5.78 Å². The molecule has 3 nitrogen and oxygen atoms in total. The average molecular weight is 172 g/mol. The van der Waals surface area contributed by atoms with Crippen molar-refractivity contribution >= 4 is 11.8 Å². The first-order valence-corrected chi connectivity index (χ1v) is 3.50. The maximum absolute atomic E-state index is 10.7. The number of carboxylic acid groups (broad SMARTS) is 1. The van der Waals surface area contributed by atoms with E-state index in [1.807, 2.05) is 6.07 Å². The van der Waals surface area contributed by atoms with Gasteiger partial charge in [-0.3, -0.25) is 4.79 Å². The number of rotatable bonds is 3. The topological polar surface area (TPSA) is 54.4 Å². The number of ketones is 1. The Bertz CT molecular complexity index is 300. The van der Waals surface area contributed by atoms with Crippen molar-refractivity contribution < 1.29 is 35.0 Å². The molecule has 1 aromatic carbocycles. The molecule has 0 radical (unpaired) electrons. The van der Waals surface area contributed by atoms with E-state index in [2.05, 4.69) is 0 Å². The average Bonchev–Trinajstić information content (AvgIpc) is 2.06. The summed E-state index contributed by atoms with van der Waals surface area (Å²) in [7, 11) is 0. The van der Waals surface area contributed by atoms with Gasteiger partial charge in [0.05, 0.1) is 0 Å². The third-order valence-corrected chi connectivity index (χ3v) is 1.45. The maximum atomic E-state index is 10.7. The summed E-state index contributed by atoms with van der Waals surface area (Å²) in [4.78, 5) is 20.9. The molecule has 0 spiro atoms. The number of benzene rings is 1. The third-order valence-electron chi connectivity index (χ3n) is 1.45. The van der Waals surface area contributed by atoms with Crippen LogP contribution in [-0.2, 0) is 16.0 Å². The van der Waals surface area contributed by atoms with E-state index in [9.17, 15) is 9.59 Å². The van der Waals surface area contributed by atoms with Crippen LogP contribution in [-0.4, -0.2) is 16.9 Å². The van der Waals surface area contributed by atoms with Gasteiger partial charge >= 0.3 is 24.8 Å². The molecule has 64 valence electrons. The largest absolute Gasteiger partial charge is 1.00 e. The second kappa shape index (κ2) is 5.58. The first-order chi connectivity index (χ1) is 5.70. The van der Waals surface area contributed by atoms with Crippen molar-refractivity contribution in [2.45, 2.75) is 6.42 Å². The van der Waals surface area contributed by atoms with Crippen LogP contribution in [0.3, 0.4) is 0 Å². The molecule has 0 aliphatic rings. The second-order valence-corrected chi connectivity index (χ2v) is 2.39. The molecular formula is C9H9LiO3. The van der Waals surface area contributed by atoms with Gasteiger partial charge in [0.25, 0.3) is 0 Å². The van der Waals surface area contributed by atoms with Gasteiger partial charge in [-0.2, -0.15) is 0 Å². The molecule has 13 heavy (non-hydrogen) atoms. The summed E-state index contributed by atoms with van der Waals surface area (Å²) >= 11 is 0. The molecule has 0 unspecified atom stereocenters. The van der Waals surface area contributed by atoms with E-state index in [1.165, 1.54) is 0 Å². The van der Waals surface area contributed by atoms with Gasteiger partial charge in [-0.05, 0) is 5.56 Å². The van der Waals surface area contributed by atoms with E-state index in [0.29, 0.717) is 0 Å². The Morgan fingerprint density at radius 1 is 1.23 bits per heavy atom. The van der Waals surface area contributed by atoms with Crippen molar-refractivity contribution in [3.63, 3.8) is 0 Å². The Hall–Kier alpha value is -1.04. The van der Waals surface area contributed by atoms with Crippen molar-refractivity contribution in [2.24, 2.45) is 0 Å². The number of aliphatic carboxylic acids is 1. The minimum atomic E-state index is -1.38. The molecule has 0 aliphatic heterocycles. The Balaban J connectivity index is 0. The van der Waals surface area contributed by atoms with Gasteiger partial charge < -0.3 is 6.53 Å². The molecule has 1 N–H and O–H groups in total. The van der Waals surface area contributed by atoms with Gasteiger partial charge in [0, 0.05) is 6.42 Å². The van der Waals surface area contributed by atoms with Crippen molar-refractivity contribution in [2.75, 3.05) is 0 Å². The molecule has 4 heteroatoms. The summed E-state index contributed by atoms with van der Waals surface area (Å²) in [6, 6.07) is 8.80. The van der Waals surface area contributed by atoms with Crippen LogP contribution in [0, 0.1) is 0 Å². The van der Waals surface area contributed by atoms with Gasteiger partial charge in [0.15, 0.2) is 0 Å². The molecule has 0 saturated heterocycles. The van der Waals surface area contributed by atoms with Crippen LogP contribution in [0.25, 0.3) is 0 Å². The first-order valence-electron chi connectivity index (χ1n) is 3.50. The molecular weight excluding hydrogens is 163 g/mol. The van der Waals surface area contributed by atoms with Crippen LogP contribution in [0.2, 0.25) is 0 Å². The number of carbonyl (C=O) groups excluding carboxylic acids is 1. The number of carbonyl (C=O) groups is 2. The maximum Gasteiger partial charge on any atom is 1.00 e. The van der Waals surface area contributed by atoms with E-state index >= 15 is 0 Å². The van der Waals surface area contributed by atoms with Crippen LogP contribution in [0.4, 0.5) is 0 Å². The van der Waals surface area contributed by atoms with Crippen LogP contribution >= 0.6 is 0 Å². The molecule has 0 bridgehead atoms. The van der Waals surface area contributed by atoms with E-state index in [4.69, 9.17) is 5.11 Å². The predicted octanol–water partition coefficient (Wildman–Crippen LogP) is -2.00. The smallest absolute Gasteiger partial charge is 1.00 e. The summed E-state index contributed by atoms with van der Waals surface area (Å²) in [6.45, 7) is 0. The molecule has 0 fully saturated rings. The molecule has 0 aromatic heterocycles. The Morgan fingerprint density at radius 3 is 2.23 bits per heavy atom. The Morgan fingerprint density at radius 2 is 1.77 bits per heavy atom. The summed E-state index contributed by atoms with van der Waals surface area (Å²) in [5.41, 5.74) is 0.727. The Labute approximate surface area is 89.4 Å². The van der Waals surface area contributed by atoms with Crippen LogP contribution in [0.15, 0.2) is 30.3 Å². The predicted molar refractivity (Wildman–Crippen MR) is 43.9 cm³/mol. The summed E-state index contributed by atoms with van der Waals surface area (Å²) in [5, 5.41) is 8.29. The summed E-state index contributed by atoms with van der Waals surface area (Å²) in [5.74, 6) is -2.15. The fourth-order valence-electron chi connectivity index (χ4n) is 0.857. The van der Waals surface area contributed by atoms with Gasteiger partial charge in [-0.15, -0.1) is 0 Å². The number of hydrogen-bond acceptors (Lipinski definition) is 2. The fourth-order valence-corrected chi connectivity index (χ4v) is 0.857. The number of carboxylic acids is 1. The molecule has 0 amide bonds. The van der Waals surface area contributed by atoms with E-state index in [-0.39, 0.29) is 26.7 Å². The zero-order valence-corrected chi connectivity index (χ0v) is 7.36. The first kappa shape index (κ1) is 12.0. The molecule has 0 saturated carbocycles. The number of hydrogen-bond donors (Lipinski definition) is 1. The third kappa shape index (κ3) is 3.93. The molecule has 1 aromatic rings. The van der Waals surface area contributed by atoms with Crippen molar-refractivity contribution in [1.82, 2.24) is 0 Å². The molecule has 0 atom stereocenters. The minimum absolute atomic E-state index is 0. The second-order valence-electron chi connectivity index (χ2n) is 2.39. The van der Waals surface area contributed by atoms with Crippen LogP contribution in [0.5, 0.6) is 0 Å². The van der Waals surface area contributed by atoms with Crippen molar-refractivity contribution in [1.29, 1.82) is 0 Å². The van der Waals surface area contributed by atoms with Gasteiger partial charge in [-0.1, -0.05) is 30.3 Å². The minimum Gasteiger partial charge on any atom is -1.00 e. The standard InChI is InChI=1S/C9H8O3.Li.H/c10-8(9(11)12)6-7-4-2-1-3-5-7;;/h1-5H,6H2,(H,11,12);;/q;+1;-1. The zero-order chi connectivity index (χ0) is 8.97. The molecule has 0 heterocycles. The van der Waals surface area contributed by atoms with E-state index in [1.54, 1.807) is 24.3 Å². The zero-order valence-electron chi connectivity index (χ0n) is 8.36. The van der Waals surface area contributed by atoms with Gasteiger partial charge in [-0.25, -0.2) is 4.79 Å². The monoisotopic (exact) mass is 172 g/mol. The summed E-state index contributed by atoms with van der Waals surface area (Å²) < 4.78 is 0. The SMILES string of the molecule is O=C(O)C(=O)Cc1ccccc1.[H-].[Li+]. The van der Waals surface area contributed by atoms with E-state index in [0.717, 1.165) is 5.56 Å². The normalized spacial score (nSPS) is 8.62. The van der Waals surface area contributed by atoms with Crippen LogP contribution in [0.1, 0.15) is 6.99 Å². The number of Topliss-reactive ketones (excluding diaryl/α,β-unsaturated/α-hetero) is 1. The molecule has 1 rings (SSSR count). The summed E-state index contributed by atoms with van der Waals surface area (Å²) in [6.07, 6.45) is -0.0316. The van der Waals surface area contributed by atoms with Crippen LogP contribution < -0.4 is 18.9 Å². The fraction of sp³-hybridized carbons (Fsp3) is 0.111. The Kier molecular flexibility index (Phi) is 5.13.